The van der Waals surface area contributed by atoms with Crippen molar-refractivity contribution in [3.63, 3.8) is 0 Å². The molecule has 21 heavy (non-hydrogen) atoms. The Morgan fingerprint density at radius 3 is 2.81 bits per heavy atom. The second-order valence-electron chi connectivity index (χ2n) is 5.42. The lowest BCUT2D eigenvalue weighted by molar-refractivity contribution is 0.587. The van der Waals surface area contributed by atoms with Crippen LogP contribution < -0.4 is 5.32 Å². The Morgan fingerprint density at radius 2 is 2.00 bits per heavy atom. The Labute approximate surface area is 133 Å². The molecule has 1 heterocycles. The molecule has 0 amide bonds. The number of para-hydroxylation sites is 1. The van der Waals surface area contributed by atoms with E-state index in [0.29, 0.717) is 6.04 Å². The summed E-state index contributed by atoms with van der Waals surface area (Å²) >= 11 is 3.56. The van der Waals surface area contributed by atoms with Crippen molar-refractivity contribution in [2.75, 3.05) is 0 Å². The third-order valence-electron chi connectivity index (χ3n) is 3.45. The van der Waals surface area contributed by atoms with Crippen LogP contribution in [-0.4, -0.2) is 15.8 Å². The largest absolute Gasteiger partial charge is 0.310 e. The van der Waals surface area contributed by atoms with Crippen molar-refractivity contribution < 1.29 is 0 Å². The van der Waals surface area contributed by atoms with E-state index in [-0.39, 0.29) is 0 Å². The molecule has 1 aromatic heterocycles. The highest BCUT2D eigenvalue weighted by molar-refractivity contribution is 9.10. The molecule has 0 aliphatic heterocycles. The summed E-state index contributed by atoms with van der Waals surface area (Å²) in [6.45, 7) is 5.14. The van der Waals surface area contributed by atoms with Crippen LogP contribution in [0.2, 0.25) is 0 Å². The van der Waals surface area contributed by atoms with Gasteiger partial charge in [-0.05, 0) is 23.8 Å². The molecule has 0 saturated heterocycles. The fourth-order valence-electron chi connectivity index (χ4n) is 2.36. The molecule has 4 heteroatoms. The highest BCUT2D eigenvalue weighted by Crippen LogP contribution is 2.24. The molecule has 0 atom stereocenters. The van der Waals surface area contributed by atoms with Crippen molar-refractivity contribution in [2.45, 2.75) is 26.4 Å². The van der Waals surface area contributed by atoms with Crippen LogP contribution in [0.3, 0.4) is 0 Å². The van der Waals surface area contributed by atoms with Crippen molar-refractivity contribution in [3.8, 4) is 5.69 Å². The van der Waals surface area contributed by atoms with Gasteiger partial charge in [0, 0.05) is 22.4 Å². The molecule has 108 valence electrons. The van der Waals surface area contributed by atoms with Crippen LogP contribution in [0.1, 0.15) is 19.4 Å². The van der Waals surface area contributed by atoms with Gasteiger partial charge in [0.25, 0.3) is 0 Å². The van der Waals surface area contributed by atoms with Gasteiger partial charge in [-0.15, -0.1) is 0 Å². The maximum atomic E-state index is 4.56. The maximum absolute atomic E-state index is 4.56. The SMILES string of the molecule is CC(C)NCc1ccc(Br)cc1-n1ncc2ccccc21. The van der Waals surface area contributed by atoms with Crippen LogP contribution in [0, 0.1) is 0 Å². The first-order chi connectivity index (χ1) is 10.1. The van der Waals surface area contributed by atoms with Gasteiger partial charge in [0.15, 0.2) is 0 Å². The Kier molecular flexibility index (Phi) is 4.08. The molecule has 0 bridgehead atoms. The molecule has 0 unspecified atom stereocenters. The Hall–Kier alpha value is -1.65. The third kappa shape index (κ3) is 3.01. The van der Waals surface area contributed by atoms with E-state index in [1.807, 2.05) is 23.0 Å². The number of nitrogens with zero attached hydrogens (tertiary/aromatic N) is 2. The lowest BCUT2D eigenvalue weighted by Gasteiger charge is -2.14. The fraction of sp³-hybridized carbons (Fsp3) is 0.235. The van der Waals surface area contributed by atoms with Crippen molar-refractivity contribution >= 4 is 26.8 Å². The minimum Gasteiger partial charge on any atom is -0.310 e. The summed E-state index contributed by atoms with van der Waals surface area (Å²) in [6.07, 6.45) is 1.91. The second kappa shape index (κ2) is 6.00. The Balaban J connectivity index is 2.10. The van der Waals surface area contributed by atoms with E-state index in [0.717, 1.165) is 27.6 Å². The van der Waals surface area contributed by atoms with Crippen LogP contribution in [0.15, 0.2) is 53.1 Å². The predicted octanol–water partition coefficient (Wildman–Crippen LogP) is 4.29. The number of benzene rings is 2. The van der Waals surface area contributed by atoms with Crippen molar-refractivity contribution in [2.24, 2.45) is 0 Å². The quantitative estimate of drug-likeness (QED) is 0.765. The highest BCUT2D eigenvalue weighted by atomic mass is 79.9. The summed E-state index contributed by atoms with van der Waals surface area (Å²) in [7, 11) is 0. The van der Waals surface area contributed by atoms with Gasteiger partial charge in [-0.25, -0.2) is 4.68 Å². The second-order valence-corrected chi connectivity index (χ2v) is 6.34. The highest BCUT2D eigenvalue weighted by Gasteiger charge is 2.10. The predicted molar refractivity (Wildman–Crippen MR) is 90.7 cm³/mol. The number of hydrogen-bond donors (Lipinski definition) is 1. The molecular formula is C17H18BrN3. The summed E-state index contributed by atoms with van der Waals surface area (Å²) in [5.41, 5.74) is 3.47. The molecule has 0 fully saturated rings. The van der Waals surface area contributed by atoms with Crippen molar-refractivity contribution in [1.82, 2.24) is 15.1 Å². The van der Waals surface area contributed by atoms with Gasteiger partial charge < -0.3 is 5.32 Å². The number of fused-ring (bicyclic) bond motifs is 1. The van der Waals surface area contributed by atoms with E-state index >= 15 is 0 Å². The first kappa shape index (κ1) is 14.3. The molecule has 0 radical (unpaired) electrons. The molecule has 3 rings (SSSR count). The molecule has 0 saturated carbocycles. The molecule has 0 spiro atoms. The summed E-state index contributed by atoms with van der Waals surface area (Å²) in [4.78, 5) is 0. The van der Waals surface area contributed by atoms with Gasteiger partial charge in [-0.2, -0.15) is 5.10 Å². The van der Waals surface area contributed by atoms with Crippen LogP contribution in [0.5, 0.6) is 0 Å². The summed E-state index contributed by atoms with van der Waals surface area (Å²) in [6, 6.07) is 15.1. The molecular weight excluding hydrogens is 326 g/mol. The number of nitrogens with one attached hydrogen (secondary N) is 1. The molecule has 3 nitrogen and oxygen atoms in total. The number of hydrogen-bond acceptors (Lipinski definition) is 2. The Morgan fingerprint density at radius 1 is 1.19 bits per heavy atom. The minimum atomic E-state index is 0.455. The van der Waals surface area contributed by atoms with E-state index in [2.05, 4.69) is 70.5 Å². The molecule has 0 aliphatic rings. The average Bonchev–Trinajstić information content (AvgIpc) is 2.89. The monoisotopic (exact) mass is 343 g/mol. The van der Waals surface area contributed by atoms with Crippen molar-refractivity contribution in [3.05, 3.63) is 58.7 Å². The van der Waals surface area contributed by atoms with E-state index in [4.69, 9.17) is 0 Å². The van der Waals surface area contributed by atoms with Gasteiger partial charge in [0.2, 0.25) is 0 Å². The topological polar surface area (TPSA) is 29.9 Å². The molecule has 2 aromatic carbocycles. The summed E-state index contributed by atoms with van der Waals surface area (Å²) in [5, 5.41) is 9.19. The van der Waals surface area contributed by atoms with E-state index in [9.17, 15) is 0 Å². The molecule has 0 aliphatic carbocycles. The number of halogens is 1. The number of rotatable bonds is 4. The molecule has 3 aromatic rings. The normalized spacial score (nSPS) is 11.4. The van der Waals surface area contributed by atoms with Crippen molar-refractivity contribution in [1.29, 1.82) is 0 Å². The zero-order valence-corrected chi connectivity index (χ0v) is 13.8. The lowest BCUT2D eigenvalue weighted by atomic mass is 10.1. The van der Waals surface area contributed by atoms with Gasteiger partial charge in [0.1, 0.15) is 0 Å². The Bertz CT molecular complexity index is 762. The lowest BCUT2D eigenvalue weighted by Crippen LogP contribution is -2.22. The molecule has 1 N–H and O–H groups in total. The fourth-order valence-corrected chi connectivity index (χ4v) is 2.71. The van der Waals surface area contributed by atoms with Gasteiger partial charge in [0.05, 0.1) is 17.4 Å². The van der Waals surface area contributed by atoms with Crippen LogP contribution in [0.25, 0.3) is 16.6 Å². The minimum absolute atomic E-state index is 0.455. The summed E-state index contributed by atoms with van der Waals surface area (Å²) < 4.78 is 3.07. The summed E-state index contributed by atoms with van der Waals surface area (Å²) in [5.74, 6) is 0. The van der Waals surface area contributed by atoms with Crippen LogP contribution in [0.4, 0.5) is 0 Å². The van der Waals surface area contributed by atoms with E-state index in [1.165, 1.54) is 5.56 Å². The van der Waals surface area contributed by atoms with Gasteiger partial charge in [-0.3, -0.25) is 0 Å². The first-order valence-corrected chi connectivity index (χ1v) is 7.89. The van der Waals surface area contributed by atoms with Gasteiger partial charge >= 0.3 is 0 Å². The van der Waals surface area contributed by atoms with Crippen LogP contribution >= 0.6 is 15.9 Å². The standard InChI is InChI=1S/C17H18BrN3/c1-12(2)19-10-14-7-8-15(18)9-17(14)21-16-6-4-3-5-13(16)11-20-21/h3-9,11-12,19H,10H2,1-2H3. The maximum Gasteiger partial charge on any atom is 0.0741 e. The van der Waals surface area contributed by atoms with E-state index < -0.39 is 0 Å². The van der Waals surface area contributed by atoms with Gasteiger partial charge in [-0.1, -0.05) is 54.0 Å². The third-order valence-corrected chi connectivity index (χ3v) is 3.95. The smallest absolute Gasteiger partial charge is 0.0741 e. The average molecular weight is 344 g/mol. The van der Waals surface area contributed by atoms with Crippen LogP contribution in [-0.2, 0) is 6.54 Å². The first-order valence-electron chi connectivity index (χ1n) is 7.10. The number of aromatic nitrogens is 2. The van der Waals surface area contributed by atoms with E-state index in [1.54, 1.807) is 0 Å². The zero-order chi connectivity index (χ0) is 14.8. The zero-order valence-electron chi connectivity index (χ0n) is 12.2.